The number of hydrogen-bond donors (Lipinski definition) is 1. The van der Waals surface area contributed by atoms with Crippen LogP contribution in [0.5, 0.6) is 0 Å². The summed E-state index contributed by atoms with van der Waals surface area (Å²) in [7, 11) is 0. The maximum absolute atomic E-state index is 13.2. The summed E-state index contributed by atoms with van der Waals surface area (Å²) in [6.07, 6.45) is 3.14. The molecule has 18 heavy (non-hydrogen) atoms. The molecule has 0 saturated heterocycles. The van der Waals surface area contributed by atoms with E-state index in [9.17, 15) is 17.6 Å². The molecule has 3 nitrogen and oxygen atoms in total. The minimum absolute atomic E-state index is 0.559. The highest BCUT2D eigenvalue weighted by atomic mass is 19.2. The summed E-state index contributed by atoms with van der Waals surface area (Å²) >= 11 is 0. The van der Waals surface area contributed by atoms with E-state index >= 15 is 0 Å². The maximum Gasteiger partial charge on any atom is 0.254 e. The van der Waals surface area contributed by atoms with Crippen LogP contribution in [-0.2, 0) is 0 Å². The molecule has 0 amide bonds. The predicted octanol–water partition coefficient (Wildman–Crippen LogP) is 3.15. The summed E-state index contributed by atoms with van der Waals surface area (Å²) in [5, 5.41) is 3.70. The molecule has 96 valence electrons. The van der Waals surface area contributed by atoms with Crippen molar-refractivity contribution in [1.82, 2.24) is 4.98 Å². The first-order valence-electron chi connectivity index (χ1n) is 5.18. The van der Waals surface area contributed by atoms with E-state index in [1.54, 1.807) is 6.08 Å². The molecule has 1 aromatic rings. The minimum Gasteiger partial charge on any atom is -0.272 e. The summed E-state index contributed by atoms with van der Waals surface area (Å²) < 4.78 is 52.0. The molecule has 1 heterocycles. The van der Waals surface area contributed by atoms with Gasteiger partial charge in [0.2, 0.25) is 11.6 Å². The Kier molecular flexibility index (Phi) is 3.31. The zero-order valence-corrected chi connectivity index (χ0v) is 9.40. The Morgan fingerprint density at radius 2 is 1.72 bits per heavy atom. The van der Waals surface area contributed by atoms with E-state index in [1.165, 1.54) is 0 Å². The molecule has 0 unspecified atom stereocenters. The molecular weight excluding hydrogens is 250 g/mol. The van der Waals surface area contributed by atoms with Crippen LogP contribution in [0.2, 0.25) is 0 Å². The van der Waals surface area contributed by atoms with Gasteiger partial charge >= 0.3 is 0 Å². The van der Waals surface area contributed by atoms with E-state index in [4.69, 9.17) is 0 Å². The lowest BCUT2D eigenvalue weighted by Crippen LogP contribution is -2.07. The van der Waals surface area contributed by atoms with Crippen LogP contribution >= 0.6 is 0 Å². The molecular formula is C11H9F4N3. The second-order valence-corrected chi connectivity index (χ2v) is 3.90. The third-order valence-corrected chi connectivity index (χ3v) is 2.50. The number of hydrogen-bond acceptors (Lipinski definition) is 3. The van der Waals surface area contributed by atoms with Crippen LogP contribution in [0.4, 0.5) is 23.2 Å². The van der Waals surface area contributed by atoms with Gasteiger partial charge in [-0.25, -0.2) is 0 Å². The lowest BCUT2D eigenvalue weighted by molar-refractivity contribution is 0.411. The third-order valence-electron chi connectivity index (χ3n) is 2.50. The topological polar surface area (TPSA) is 37.3 Å². The van der Waals surface area contributed by atoms with Crippen molar-refractivity contribution in [3.05, 3.63) is 35.2 Å². The van der Waals surface area contributed by atoms with E-state index in [0.717, 1.165) is 12.0 Å². The molecule has 1 N–H and O–H groups in total. The molecule has 1 aromatic heterocycles. The second-order valence-electron chi connectivity index (χ2n) is 3.90. The number of pyridine rings is 1. The van der Waals surface area contributed by atoms with Gasteiger partial charge in [0.1, 0.15) is 5.69 Å². The van der Waals surface area contributed by atoms with Crippen LogP contribution in [0, 0.1) is 23.5 Å². The number of nitrogens with zero attached hydrogens (tertiary/aromatic N) is 2. The summed E-state index contributed by atoms with van der Waals surface area (Å²) in [6.45, 7) is 1.88. The van der Waals surface area contributed by atoms with Crippen molar-refractivity contribution in [3.63, 3.8) is 0 Å². The lowest BCUT2D eigenvalue weighted by Gasteiger charge is -2.05. The SMILES string of the molecule is CC1=C/C(=N\Nc2c(F)c(F)nc(F)c2F)CC1. The van der Waals surface area contributed by atoms with Crippen LogP contribution in [0.1, 0.15) is 19.8 Å². The van der Waals surface area contributed by atoms with Crippen LogP contribution in [-0.4, -0.2) is 10.7 Å². The Labute approximate surface area is 100 Å². The van der Waals surface area contributed by atoms with Gasteiger partial charge in [0, 0.05) is 0 Å². The zero-order valence-electron chi connectivity index (χ0n) is 9.40. The molecule has 0 spiro atoms. The summed E-state index contributed by atoms with van der Waals surface area (Å²) in [6, 6.07) is 0. The zero-order chi connectivity index (χ0) is 13.3. The summed E-state index contributed by atoms with van der Waals surface area (Å²) in [5.41, 5.74) is 2.65. The van der Waals surface area contributed by atoms with Gasteiger partial charge in [-0.2, -0.15) is 27.6 Å². The minimum atomic E-state index is -1.71. The highest BCUT2D eigenvalue weighted by Crippen LogP contribution is 2.22. The molecule has 0 atom stereocenters. The molecule has 0 aromatic carbocycles. The molecule has 0 aliphatic heterocycles. The molecule has 1 aliphatic carbocycles. The highest BCUT2D eigenvalue weighted by molar-refractivity contribution is 5.98. The van der Waals surface area contributed by atoms with Gasteiger partial charge in [0.25, 0.3) is 11.9 Å². The van der Waals surface area contributed by atoms with Gasteiger partial charge in [0.15, 0.2) is 0 Å². The first-order chi connectivity index (χ1) is 8.49. The smallest absolute Gasteiger partial charge is 0.254 e. The standard InChI is InChI=1S/C11H9F4N3/c1-5-2-3-6(4-5)17-18-9-7(12)10(14)16-11(15)8(9)13/h4H,2-3H2,1H3,(H,16,18)/b17-6-. The first kappa shape index (κ1) is 12.5. The van der Waals surface area contributed by atoms with Crippen molar-refractivity contribution in [3.8, 4) is 0 Å². The van der Waals surface area contributed by atoms with E-state index in [0.29, 0.717) is 12.1 Å². The Bertz CT molecular complexity index is 525. The van der Waals surface area contributed by atoms with Gasteiger partial charge in [-0.05, 0) is 25.8 Å². The molecule has 0 saturated carbocycles. The van der Waals surface area contributed by atoms with E-state index < -0.39 is 29.2 Å². The Morgan fingerprint density at radius 3 is 2.22 bits per heavy atom. The summed E-state index contributed by atoms with van der Waals surface area (Å²) in [5.74, 6) is -6.63. The quantitative estimate of drug-likeness (QED) is 0.503. The fourth-order valence-electron chi connectivity index (χ4n) is 1.56. The van der Waals surface area contributed by atoms with Crippen molar-refractivity contribution in [2.24, 2.45) is 5.10 Å². The van der Waals surface area contributed by atoms with Crippen LogP contribution in [0.15, 0.2) is 16.8 Å². The molecule has 0 radical (unpaired) electrons. The number of hydrazone groups is 1. The van der Waals surface area contributed by atoms with Crippen molar-refractivity contribution in [2.45, 2.75) is 19.8 Å². The number of allylic oxidation sites excluding steroid dienone is 2. The van der Waals surface area contributed by atoms with Gasteiger partial charge in [-0.3, -0.25) is 5.43 Å². The monoisotopic (exact) mass is 259 g/mol. The van der Waals surface area contributed by atoms with Crippen molar-refractivity contribution < 1.29 is 17.6 Å². The third kappa shape index (κ3) is 2.34. The van der Waals surface area contributed by atoms with Crippen molar-refractivity contribution in [2.75, 3.05) is 5.43 Å². The number of aromatic nitrogens is 1. The van der Waals surface area contributed by atoms with E-state index in [1.807, 2.05) is 12.3 Å². The number of halogens is 4. The maximum atomic E-state index is 13.2. The average molecular weight is 259 g/mol. The molecule has 1 aliphatic rings. The number of nitrogens with one attached hydrogen (secondary N) is 1. The average Bonchev–Trinajstić information content (AvgIpc) is 2.73. The second kappa shape index (κ2) is 4.75. The predicted molar refractivity (Wildman–Crippen MR) is 58.1 cm³/mol. The lowest BCUT2D eigenvalue weighted by atomic mass is 10.3. The Balaban J connectivity index is 2.30. The van der Waals surface area contributed by atoms with Crippen molar-refractivity contribution in [1.29, 1.82) is 0 Å². The van der Waals surface area contributed by atoms with Gasteiger partial charge in [0.05, 0.1) is 5.71 Å². The van der Waals surface area contributed by atoms with E-state index in [-0.39, 0.29) is 0 Å². The van der Waals surface area contributed by atoms with Crippen molar-refractivity contribution >= 4 is 11.4 Å². The fraction of sp³-hybridized carbons (Fsp3) is 0.273. The molecule has 0 bridgehead atoms. The van der Waals surface area contributed by atoms with Gasteiger partial charge < -0.3 is 0 Å². The van der Waals surface area contributed by atoms with Crippen LogP contribution < -0.4 is 5.43 Å². The Morgan fingerprint density at radius 1 is 1.11 bits per heavy atom. The van der Waals surface area contributed by atoms with Gasteiger partial charge in [-0.15, -0.1) is 0 Å². The summed E-state index contributed by atoms with van der Waals surface area (Å²) in [4.78, 5) is 2.44. The van der Waals surface area contributed by atoms with Gasteiger partial charge in [-0.1, -0.05) is 5.57 Å². The largest absolute Gasteiger partial charge is 0.272 e. The van der Waals surface area contributed by atoms with Crippen LogP contribution in [0.25, 0.3) is 0 Å². The first-order valence-corrected chi connectivity index (χ1v) is 5.18. The Hall–Kier alpha value is -1.92. The number of rotatable bonds is 2. The van der Waals surface area contributed by atoms with E-state index in [2.05, 4.69) is 10.1 Å². The normalized spacial score (nSPS) is 17.2. The van der Waals surface area contributed by atoms with Crippen LogP contribution in [0.3, 0.4) is 0 Å². The molecule has 7 heteroatoms. The fourth-order valence-corrected chi connectivity index (χ4v) is 1.56. The highest BCUT2D eigenvalue weighted by Gasteiger charge is 2.20. The molecule has 2 rings (SSSR count). The number of anilines is 1. The molecule has 0 fully saturated rings.